The molecule has 0 aromatic heterocycles. The molecule has 2 N–H and O–H groups in total. The molecule has 176 valence electrons. The lowest BCUT2D eigenvalue weighted by Gasteiger charge is -2.32. The van der Waals surface area contributed by atoms with Crippen molar-refractivity contribution in [2.24, 2.45) is 0 Å². The second-order valence-electron chi connectivity index (χ2n) is 8.42. The van der Waals surface area contributed by atoms with E-state index in [1.165, 1.54) is 28.6 Å². The van der Waals surface area contributed by atoms with Gasteiger partial charge in [0.15, 0.2) is 6.61 Å². The molecule has 2 aliphatic rings. The zero-order valence-electron chi connectivity index (χ0n) is 18.3. The molecule has 32 heavy (non-hydrogen) atoms. The van der Waals surface area contributed by atoms with E-state index in [0.717, 1.165) is 51.4 Å². The highest BCUT2D eigenvalue weighted by atomic mass is 32.2. The molecule has 1 aromatic carbocycles. The maximum atomic E-state index is 12.9. The van der Waals surface area contributed by atoms with Gasteiger partial charge in [-0.15, -0.1) is 0 Å². The molecule has 1 atom stereocenters. The van der Waals surface area contributed by atoms with E-state index < -0.39 is 34.5 Å². The Balaban J connectivity index is 1.49. The van der Waals surface area contributed by atoms with Crippen molar-refractivity contribution in [3.63, 3.8) is 0 Å². The molecule has 1 aliphatic heterocycles. The third-order valence-electron chi connectivity index (χ3n) is 5.97. The highest BCUT2D eigenvalue weighted by Crippen LogP contribution is 2.25. The summed E-state index contributed by atoms with van der Waals surface area (Å²) in [4.78, 5) is 36.1. The number of imide groups is 1. The summed E-state index contributed by atoms with van der Waals surface area (Å²) in [6, 6.07) is 4.85. The van der Waals surface area contributed by atoms with Crippen molar-refractivity contribution in [3.05, 3.63) is 29.8 Å². The fraction of sp³-hybridized carbons (Fsp3) is 0.591. The van der Waals surface area contributed by atoms with Gasteiger partial charge < -0.3 is 10.1 Å². The first-order valence-electron chi connectivity index (χ1n) is 11.2. The third-order valence-corrected chi connectivity index (χ3v) is 7.99. The molecule has 0 radical (unpaired) electrons. The van der Waals surface area contributed by atoms with E-state index in [1.54, 1.807) is 0 Å². The molecule has 1 aromatic rings. The van der Waals surface area contributed by atoms with Crippen molar-refractivity contribution in [2.75, 3.05) is 13.2 Å². The predicted molar refractivity (Wildman–Crippen MR) is 117 cm³/mol. The minimum absolute atomic E-state index is 0.0572. The van der Waals surface area contributed by atoms with E-state index in [1.807, 2.05) is 6.92 Å². The van der Waals surface area contributed by atoms with Gasteiger partial charge in [-0.25, -0.2) is 18.0 Å². The molecule has 1 saturated heterocycles. The first kappa shape index (κ1) is 24.2. The van der Waals surface area contributed by atoms with Crippen molar-refractivity contribution >= 4 is 27.9 Å². The smallest absolute Gasteiger partial charge is 0.338 e. The first-order valence-corrected chi connectivity index (χ1v) is 12.6. The quantitative estimate of drug-likeness (QED) is 0.623. The van der Waals surface area contributed by atoms with Crippen LogP contribution in [-0.4, -0.2) is 55.9 Å². The number of nitrogens with one attached hydrogen (secondary N) is 2. The van der Waals surface area contributed by atoms with Crippen LogP contribution in [0.4, 0.5) is 4.79 Å². The van der Waals surface area contributed by atoms with Crippen LogP contribution in [0.3, 0.4) is 0 Å². The molecule has 0 spiro atoms. The van der Waals surface area contributed by atoms with Crippen LogP contribution in [0.5, 0.6) is 0 Å². The van der Waals surface area contributed by atoms with Crippen molar-refractivity contribution in [1.82, 2.24) is 14.9 Å². The highest BCUT2D eigenvalue weighted by Gasteiger charge is 2.31. The summed E-state index contributed by atoms with van der Waals surface area (Å²) in [6.07, 6.45) is 7.69. The summed E-state index contributed by atoms with van der Waals surface area (Å²) < 4.78 is 32.2. The summed E-state index contributed by atoms with van der Waals surface area (Å²) in [5.74, 6) is -1.51. The Morgan fingerprint density at radius 2 is 1.66 bits per heavy atom. The Labute approximate surface area is 188 Å². The van der Waals surface area contributed by atoms with Gasteiger partial charge in [-0.1, -0.05) is 25.7 Å². The number of esters is 1. The number of amides is 3. The number of urea groups is 1. The molecule has 1 unspecified atom stereocenters. The van der Waals surface area contributed by atoms with E-state index in [2.05, 4.69) is 10.6 Å². The van der Waals surface area contributed by atoms with Crippen LogP contribution in [0, 0.1) is 0 Å². The number of piperidine rings is 1. The molecule has 1 aliphatic carbocycles. The summed E-state index contributed by atoms with van der Waals surface area (Å²) >= 11 is 0. The Morgan fingerprint density at radius 3 is 2.31 bits per heavy atom. The number of ether oxygens (including phenoxy) is 1. The van der Waals surface area contributed by atoms with Crippen LogP contribution in [0.2, 0.25) is 0 Å². The molecule has 3 amide bonds. The molecule has 3 rings (SSSR count). The Hall–Kier alpha value is -2.46. The van der Waals surface area contributed by atoms with E-state index in [9.17, 15) is 22.8 Å². The van der Waals surface area contributed by atoms with E-state index in [-0.39, 0.29) is 22.5 Å². The zero-order valence-corrected chi connectivity index (χ0v) is 19.2. The normalized spacial score (nSPS) is 20.3. The van der Waals surface area contributed by atoms with Crippen LogP contribution in [0.1, 0.15) is 68.6 Å². The fourth-order valence-corrected chi connectivity index (χ4v) is 5.87. The number of hydrogen-bond donors (Lipinski definition) is 2. The van der Waals surface area contributed by atoms with Gasteiger partial charge in [0.1, 0.15) is 0 Å². The number of nitrogens with zero attached hydrogens (tertiary/aromatic N) is 1. The summed E-state index contributed by atoms with van der Waals surface area (Å²) in [5.41, 5.74) is 0.120. The maximum absolute atomic E-state index is 12.9. The molecule has 2 fully saturated rings. The van der Waals surface area contributed by atoms with Gasteiger partial charge in [0, 0.05) is 18.6 Å². The molecule has 9 nitrogen and oxygen atoms in total. The van der Waals surface area contributed by atoms with Crippen LogP contribution >= 0.6 is 0 Å². The Bertz CT molecular complexity index is 925. The van der Waals surface area contributed by atoms with Gasteiger partial charge in [0.25, 0.3) is 5.91 Å². The van der Waals surface area contributed by atoms with Crippen LogP contribution in [0.15, 0.2) is 29.2 Å². The molecule has 1 saturated carbocycles. The second kappa shape index (κ2) is 10.9. The van der Waals surface area contributed by atoms with Gasteiger partial charge in [-0.2, -0.15) is 4.31 Å². The minimum atomic E-state index is -3.63. The number of benzene rings is 1. The Morgan fingerprint density at radius 1 is 1.00 bits per heavy atom. The zero-order chi connectivity index (χ0) is 23.1. The maximum Gasteiger partial charge on any atom is 0.338 e. The van der Waals surface area contributed by atoms with Crippen LogP contribution in [-0.2, 0) is 19.6 Å². The van der Waals surface area contributed by atoms with Crippen LogP contribution < -0.4 is 10.6 Å². The van der Waals surface area contributed by atoms with Crippen molar-refractivity contribution in [1.29, 1.82) is 0 Å². The van der Waals surface area contributed by atoms with Crippen molar-refractivity contribution in [3.8, 4) is 0 Å². The van der Waals surface area contributed by atoms with Gasteiger partial charge in [-0.05, 0) is 56.9 Å². The van der Waals surface area contributed by atoms with Crippen molar-refractivity contribution in [2.45, 2.75) is 75.3 Å². The number of carbonyl (C=O) groups is 3. The minimum Gasteiger partial charge on any atom is -0.452 e. The van der Waals surface area contributed by atoms with Gasteiger partial charge in [-0.3, -0.25) is 10.1 Å². The monoisotopic (exact) mass is 465 g/mol. The SMILES string of the molecule is CC1CCCCN1S(=O)(=O)c1ccc(C(=O)OCC(=O)NC(=O)NC2CCCCC2)cc1. The summed E-state index contributed by atoms with van der Waals surface area (Å²) in [5, 5.41) is 4.90. The van der Waals surface area contributed by atoms with E-state index in [4.69, 9.17) is 4.74 Å². The highest BCUT2D eigenvalue weighted by molar-refractivity contribution is 7.89. The second-order valence-corrected chi connectivity index (χ2v) is 10.3. The van der Waals surface area contributed by atoms with E-state index >= 15 is 0 Å². The lowest BCUT2D eigenvalue weighted by Crippen LogP contribution is -2.46. The molecule has 1 heterocycles. The van der Waals surface area contributed by atoms with Gasteiger partial charge in [0.2, 0.25) is 10.0 Å². The average Bonchev–Trinajstić information content (AvgIpc) is 2.78. The average molecular weight is 466 g/mol. The molecular formula is C22H31N3O6S. The lowest BCUT2D eigenvalue weighted by molar-refractivity contribution is -0.123. The van der Waals surface area contributed by atoms with Gasteiger partial charge in [0.05, 0.1) is 10.5 Å². The topological polar surface area (TPSA) is 122 Å². The third kappa shape index (κ3) is 6.29. The standard InChI is InChI=1S/C22H31N3O6S/c1-16-7-5-6-14-25(16)32(29,30)19-12-10-17(11-13-19)21(27)31-15-20(26)24-22(28)23-18-8-3-2-4-9-18/h10-13,16,18H,2-9,14-15H2,1H3,(H2,23,24,26,28). The van der Waals surface area contributed by atoms with Crippen LogP contribution in [0.25, 0.3) is 0 Å². The lowest BCUT2D eigenvalue weighted by atomic mass is 9.96. The number of rotatable bonds is 6. The first-order chi connectivity index (χ1) is 15.3. The molecule has 0 bridgehead atoms. The predicted octanol–water partition coefficient (Wildman–Crippen LogP) is 2.57. The summed E-state index contributed by atoms with van der Waals surface area (Å²) in [6.45, 7) is 1.77. The van der Waals surface area contributed by atoms with E-state index in [0.29, 0.717) is 6.54 Å². The largest absolute Gasteiger partial charge is 0.452 e. The Kier molecular flexibility index (Phi) is 8.25. The van der Waals surface area contributed by atoms with Crippen molar-refractivity contribution < 1.29 is 27.5 Å². The molecule has 10 heteroatoms. The number of sulfonamides is 1. The molecular weight excluding hydrogens is 434 g/mol. The summed E-state index contributed by atoms with van der Waals surface area (Å²) in [7, 11) is -3.63. The van der Waals surface area contributed by atoms with Gasteiger partial charge >= 0.3 is 12.0 Å². The number of hydrogen-bond acceptors (Lipinski definition) is 6. The number of carbonyl (C=O) groups excluding carboxylic acids is 3. The fourth-order valence-electron chi connectivity index (χ4n) is 4.17.